The summed E-state index contributed by atoms with van der Waals surface area (Å²) in [6.07, 6.45) is 1.60. The third-order valence-corrected chi connectivity index (χ3v) is 8.28. The highest BCUT2D eigenvalue weighted by atomic mass is 32.2. The van der Waals surface area contributed by atoms with E-state index in [9.17, 15) is 18.5 Å². The molecule has 0 amide bonds. The van der Waals surface area contributed by atoms with Gasteiger partial charge in [-0.3, -0.25) is 14.7 Å². The number of anilines is 1. The average Bonchev–Trinajstić information content (AvgIpc) is 3.45. The smallest absolute Gasteiger partial charge is 0.284 e. The summed E-state index contributed by atoms with van der Waals surface area (Å²) in [4.78, 5) is 13.5. The van der Waals surface area contributed by atoms with E-state index in [0.29, 0.717) is 61.9 Å². The Bertz CT molecular complexity index is 1060. The highest BCUT2D eigenvalue weighted by Gasteiger charge is 2.30. The molecule has 11 nitrogen and oxygen atoms in total. The summed E-state index contributed by atoms with van der Waals surface area (Å²) in [7, 11) is -3.74. The maximum Gasteiger partial charge on any atom is 0.284 e. The van der Waals surface area contributed by atoms with Gasteiger partial charge < -0.3 is 9.64 Å². The van der Waals surface area contributed by atoms with E-state index < -0.39 is 14.9 Å². The van der Waals surface area contributed by atoms with Crippen LogP contribution in [0.3, 0.4) is 0 Å². The zero-order valence-electron chi connectivity index (χ0n) is 17.1. The van der Waals surface area contributed by atoms with E-state index in [-0.39, 0.29) is 10.6 Å². The molecule has 0 bridgehead atoms. The summed E-state index contributed by atoms with van der Waals surface area (Å²) >= 11 is 1.11. The zero-order valence-corrected chi connectivity index (χ0v) is 18.8. The number of aromatic nitrogens is 3. The molecule has 13 heteroatoms. The number of hydrogen-bond acceptors (Lipinski definition) is 9. The molecule has 0 atom stereocenters. The molecule has 4 rings (SSSR count). The molecule has 2 aliphatic heterocycles. The molecule has 168 valence electrons. The zero-order chi connectivity index (χ0) is 22.0. The van der Waals surface area contributed by atoms with E-state index in [1.807, 2.05) is 11.5 Å². The highest BCUT2D eigenvalue weighted by molar-refractivity contribution is 7.99. The van der Waals surface area contributed by atoms with Crippen molar-refractivity contribution in [3.8, 4) is 0 Å². The number of nitrogens with zero attached hydrogens (tertiary/aromatic N) is 6. The van der Waals surface area contributed by atoms with Gasteiger partial charge in [-0.15, -0.1) is 10.2 Å². The molecule has 0 radical (unpaired) electrons. The Labute approximate surface area is 184 Å². The molecule has 0 saturated carbocycles. The standard InChI is InChI=1S/C18H24N6O5S2/c1-2-23-17(21-9-11-29-12-10-21)19-20-18(23)30-16-6-5-14(13-15(16)24(25)26)31(27,28)22-7-3-4-8-22/h5-6,13H,2-4,7-12H2,1H3. The van der Waals surface area contributed by atoms with Crippen LogP contribution < -0.4 is 4.90 Å². The van der Waals surface area contributed by atoms with Crippen LogP contribution in [0.25, 0.3) is 0 Å². The van der Waals surface area contributed by atoms with Gasteiger partial charge >= 0.3 is 0 Å². The second kappa shape index (κ2) is 9.10. The van der Waals surface area contributed by atoms with E-state index in [1.165, 1.54) is 16.4 Å². The Morgan fingerprint density at radius 1 is 1.16 bits per heavy atom. The predicted octanol–water partition coefficient (Wildman–Crippen LogP) is 1.98. The lowest BCUT2D eigenvalue weighted by Crippen LogP contribution is -2.38. The summed E-state index contributed by atoms with van der Waals surface area (Å²) in [6.45, 7) is 6.05. The van der Waals surface area contributed by atoms with E-state index in [4.69, 9.17) is 4.74 Å². The van der Waals surface area contributed by atoms with Crippen molar-refractivity contribution in [3.63, 3.8) is 0 Å². The van der Waals surface area contributed by atoms with Crippen LogP contribution in [0, 0.1) is 10.1 Å². The number of hydrogen-bond donors (Lipinski definition) is 0. The molecule has 1 aromatic carbocycles. The van der Waals surface area contributed by atoms with Crippen molar-refractivity contribution in [2.24, 2.45) is 0 Å². The first-order valence-electron chi connectivity index (χ1n) is 10.1. The Morgan fingerprint density at radius 3 is 2.52 bits per heavy atom. The highest BCUT2D eigenvalue weighted by Crippen LogP contribution is 2.37. The van der Waals surface area contributed by atoms with Crippen LogP contribution in [0.5, 0.6) is 0 Å². The van der Waals surface area contributed by atoms with Gasteiger partial charge in [0, 0.05) is 38.8 Å². The molecule has 0 aliphatic carbocycles. The number of sulfonamides is 1. The van der Waals surface area contributed by atoms with Crippen molar-refractivity contribution >= 4 is 33.4 Å². The number of nitro benzene ring substituents is 1. The van der Waals surface area contributed by atoms with Crippen LogP contribution in [0.1, 0.15) is 19.8 Å². The molecule has 2 aromatic rings. The van der Waals surface area contributed by atoms with Gasteiger partial charge in [-0.25, -0.2) is 8.42 Å². The van der Waals surface area contributed by atoms with Gasteiger partial charge in [-0.1, -0.05) is 0 Å². The van der Waals surface area contributed by atoms with E-state index in [2.05, 4.69) is 15.1 Å². The first kappa shape index (κ1) is 22.0. The Morgan fingerprint density at radius 2 is 1.87 bits per heavy atom. The van der Waals surface area contributed by atoms with Crippen LogP contribution in [0.15, 0.2) is 33.1 Å². The summed E-state index contributed by atoms with van der Waals surface area (Å²) < 4.78 is 34.3. The van der Waals surface area contributed by atoms with Gasteiger partial charge in [0.15, 0.2) is 5.16 Å². The second-order valence-electron chi connectivity index (χ2n) is 7.23. The van der Waals surface area contributed by atoms with E-state index >= 15 is 0 Å². The largest absolute Gasteiger partial charge is 0.378 e. The molecule has 2 aliphatic rings. The number of morpholine rings is 1. The first-order chi connectivity index (χ1) is 14.9. The fourth-order valence-corrected chi connectivity index (χ4v) is 6.20. The molecule has 2 saturated heterocycles. The molecule has 3 heterocycles. The summed E-state index contributed by atoms with van der Waals surface area (Å²) in [5.74, 6) is 0.698. The number of benzene rings is 1. The van der Waals surface area contributed by atoms with Crippen LogP contribution in [-0.2, 0) is 21.3 Å². The quantitative estimate of drug-likeness (QED) is 0.443. The van der Waals surface area contributed by atoms with Gasteiger partial charge in [0.05, 0.1) is 27.9 Å². The van der Waals surface area contributed by atoms with Gasteiger partial charge in [-0.05, 0) is 43.7 Å². The third kappa shape index (κ3) is 4.40. The lowest BCUT2D eigenvalue weighted by Gasteiger charge is -2.27. The molecular weight excluding hydrogens is 444 g/mol. The molecule has 1 aromatic heterocycles. The van der Waals surface area contributed by atoms with Gasteiger partial charge in [-0.2, -0.15) is 4.31 Å². The number of nitro groups is 1. The van der Waals surface area contributed by atoms with Crippen LogP contribution >= 0.6 is 11.8 Å². The molecule has 0 unspecified atom stereocenters. The summed E-state index contributed by atoms with van der Waals surface area (Å²) in [6, 6.07) is 4.05. The van der Waals surface area contributed by atoms with Crippen LogP contribution in [-0.4, -0.2) is 71.8 Å². The molecule has 31 heavy (non-hydrogen) atoms. The van der Waals surface area contributed by atoms with E-state index in [0.717, 1.165) is 30.7 Å². The SMILES string of the molecule is CCn1c(Sc2ccc(S(=O)(=O)N3CCCC3)cc2[N+](=O)[O-])nnc1N1CCOCC1. The average molecular weight is 469 g/mol. The Kier molecular flexibility index (Phi) is 6.46. The van der Waals surface area contributed by atoms with Crippen molar-refractivity contribution < 1.29 is 18.1 Å². The van der Waals surface area contributed by atoms with Gasteiger partial charge in [0.1, 0.15) is 0 Å². The van der Waals surface area contributed by atoms with Crippen molar-refractivity contribution in [1.29, 1.82) is 0 Å². The monoisotopic (exact) mass is 468 g/mol. The maximum atomic E-state index is 12.8. The molecular formula is C18H24N6O5S2. The maximum absolute atomic E-state index is 12.8. The normalized spacial score (nSPS) is 17.9. The molecule has 0 spiro atoms. The number of ether oxygens (including phenoxy) is 1. The van der Waals surface area contributed by atoms with Crippen LogP contribution in [0.4, 0.5) is 11.6 Å². The Hall–Kier alpha value is -2.22. The Balaban J connectivity index is 1.64. The van der Waals surface area contributed by atoms with Gasteiger partial charge in [0.2, 0.25) is 16.0 Å². The third-order valence-electron chi connectivity index (χ3n) is 5.34. The van der Waals surface area contributed by atoms with Crippen LogP contribution in [0.2, 0.25) is 0 Å². The minimum atomic E-state index is -3.74. The minimum absolute atomic E-state index is 0.0589. The summed E-state index contributed by atoms with van der Waals surface area (Å²) in [5, 5.41) is 20.8. The van der Waals surface area contributed by atoms with Crippen molar-refractivity contribution in [2.45, 2.75) is 41.3 Å². The number of rotatable bonds is 7. The molecule has 2 fully saturated rings. The lowest BCUT2D eigenvalue weighted by atomic mass is 10.3. The summed E-state index contributed by atoms with van der Waals surface area (Å²) in [5.41, 5.74) is -0.260. The van der Waals surface area contributed by atoms with Crippen molar-refractivity contribution in [2.75, 3.05) is 44.3 Å². The van der Waals surface area contributed by atoms with E-state index in [1.54, 1.807) is 0 Å². The topological polar surface area (TPSA) is 124 Å². The van der Waals surface area contributed by atoms with Crippen molar-refractivity contribution in [1.82, 2.24) is 19.1 Å². The second-order valence-corrected chi connectivity index (χ2v) is 10.2. The molecule has 0 N–H and O–H groups in total. The first-order valence-corrected chi connectivity index (χ1v) is 12.4. The fourth-order valence-electron chi connectivity index (χ4n) is 3.69. The lowest BCUT2D eigenvalue weighted by molar-refractivity contribution is -0.388. The van der Waals surface area contributed by atoms with Crippen molar-refractivity contribution in [3.05, 3.63) is 28.3 Å². The van der Waals surface area contributed by atoms with Gasteiger partial charge in [0.25, 0.3) is 5.69 Å². The fraction of sp³-hybridized carbons (Fsp3) is 0.556. The predicted molar refractivity (Wildman–Crippen MR) is 114 cm³/mol. The minimum Gasteiger partial charge on any atom is -0.378 e.